The molecule has 0 aromatic heterocycles. The summed E-state index contributed by atoms with van der Waals surface area (Å²) in [4.78, 5) is 22.5. The van der Waals surface area contributed by atoms with Gasteiger partial charge in [0.2, 0.25) is 0 Å². The first-order valence-electron chi connectivity index (χ1n) is 5.26. The van der Waals surface area contributed by atoms with Crippen LogP contribution in [-0.4, -0.2) is 63.8 Å². The SMILES string of the molecule is O=C1CCC[S][SnH2][O]C(=O)CCC[S][SnH2][O]1. The van der Waals surface area contributed by atoms with Crippen LogP contribution in [0.4, 0.5) is 0 Å². The van der Waals surface area contributed by atoms with Gasteiger partial charge in [0.1, 0.15) is 0 Å². The third kappa shape index (κ3) is 8.35. The monoisotopic (exact) mass is 480 g/mol. The molecule has 8 heteroatoms. The van der Waals surface area contributed by atoms with Crippen molar-refractivity contribution in [2.24, 2.45) is 0 Å². The van der Waals surface area contributed by atoms with Crippen LogP contribution >= 0.6 is 17.9 Å². The van der Waals surface area contributed by atoms with Crippen molar-refractivity contribution in [2.45, 2.75) is 25.7 Å². The molecule has 1 aliphatic heterocycles. The van der Waals surface area contributed by atoms with Gasteiger partial charge in [0.25, 0.3) is 0 Å². The molecule has 4 nitrogen and oxygen atoms in total. The second-order valence-electron chi connectivity index (χ2n) is 3.29. The van der Waals surface area contributed by atoms with Gasteiger partial charge in [0, 0.05) is 0 Å². The van der Waals surface area contributed by atoms with Gasteiger partial charge in [-0.15, -0.1) is 0 Å². The number of carbonyl (C=O) groups excluding carboxylic acids is 2. The van der Waals surface area contributed by atoms with Crippen LogP contribution in [-0.2, 0) is 15.7 Å². The molecule has 1 aliphatic rings. The van der Waals surface area contributed by atoms with E-state index in [0.29, 0.717) is 12.8 Å². The molecule has 0 saturated carbocycles. The Labute approximate surface area is 122 Å². The first-order chi connectivity index (χ1) is 7.79. The Hall–Kier alpha value is 1.24. The normalized spacial score (nSPS) is 24.8. The van der Waals surface area contributed by atoms with Crippen LogP contribution in [0.3, 0.4) is 0 Å². The molecule has 0 bridgehead atoms. The molecular formula is C8H16O4S2Sn2. The standard InChI is InChI=1S/2C4H8O2S.2Sn.4H/c2*5-4(6)2-1-3-7;;;;;;/h2*7H,1-3H2,(H,5,6);;;;;;/q;;2*+2;;;;/p-4. The van der Waals surface area contributed by atoms with Crippen molar-refractivity contribution in [3.05, 3.63) is 0 Å². The van der Waals surface area contributed by atoms with E-state index in [1.54, 1.807) is 17.9 Å². The first-order valence-corrected chi connectivity index (χ1v) is 20.7. The van der Waals surface area contributed by atoms with E-state index in [-0.39, 0.29) is 11.9 Å². The summed E-state index contributed by atoms with van der Waals surface area (Å²) in [6, 6.07) is 0. The molecule has 0 aromatic rings. The van der Waals surface area contributed by atoms with Gasteiger partial charge in [-0.25, -0.2) is 0 Å². The first kappa shape index (κ1) is 15.3. The average molecular weight is 478 g/mol. The number of hydrogen-bond acceptors (Lipinski definition) is 6. The van der Waals surface area contributed by atoms with Gasteiger partial charge in [-0.3, -0.25) is 0 Å². The minimum atomic E-state index is -1.38. The Morgan fingerprint density at radius 3 is 1.75 bits per heavy atom. The van der Waals surface area contributed by atoms with Crippen molar-refractivity contribution in [1.29, 1.82) is 0 Å². The molecule has 0 aromatic carbocycles. The number of hydrogen-bond donors (Lipinski definition) is 0. The fraction of sp³-hybridized carbons (Fsp3) is 0.750. The predicted molar refractivity (Wildman–Crippen MR) is 72.7 cm³/mol. The molecule has 0 amide bonds. The Morgan fingerprint density at radius 2 is 1.31 bits per heavy atom. The summed E-state index contributed by atoms with van der Waals surface area (Å²) in [5, 5.41) is 0. The maximum atomic E-state index is 11.2. The van der Waals surface area contributed by atoms with Gasteiger partial charge in [-0.05, 0) is 0 Å². The van der Waals surface area contributed by atoms with Crippen molar-refractivity contribution < 1.29 is 15.7 Å². The Bertz CT molecular complexity index is 196. The zero-order chi connectivity index (χ0) is 11.6. The summed E-state index contributed by atoms with van der Waals surface area (Å²) in [6.07, 6.45) is 2.78. The number of rotatable bonds is 0. The molecule has 0 radical (unpaired) electrons. The molecule has 16 heavy (non-hydrogen) atoms. The molecule has 0 spiro atoms. The van der Waals surface area contributed by atoms with Gasteiger partial charge in [-0.2, -0.15) is 0 Å². The molecular weight excluding hydrogens is 462 g/mol. The third-order valence-electron chi connectivity index (χ3n) is 1.95. The van der Waals surface area contributed by atoms with Crippen molar-refractivity contribution in [3.8, 4) is 0 Å². The van der Waals surface area contributed by atoms with E-state index in [1.807, 2.05) is 0 Å². The van der Waals surface area contributed by atoms with E-state index >= 15 is 0 Å². The van der Waals surface area contributed by atoms with Gasteiger partial charge in [0.05, 0.1) is 0 Å². The molecule has 1 rings (SSSR count). The van der Waals surface area contributed by atoms with E-state index < -0.39 is 40.3 Å². The average Bonchev–Trinajstić information content (AvgIpc) is 2.27. The van der Waals surface area contributed by atoms with Gasteiger partial charge >= 0.3 is 123 Å². The Balaban J connectivity index is 2.23. The van der Waals surface area contributed by atoms with Gasteiger partial charge in [0.15, 0.2) is 0 Å². The molecule has 1 heterocycles. The molecule has 0 aliphatic carbocycles. The van der Waals surface area contributed by atoms with Gasteiger partial charge in [-0.1, -0.05) is 0 Å². The topological polar surface area (TPSA) is 52.6 Å². The Morgan fingerprint density at radius 1 is 0.875 bits per heavy atom. The second-order valence-corrected chi connectivity index (χ2v) is 18.1. The summed E-state index contributed by atoms with van der Waals surface area (Å²) < 4.78 is 10.5. The maximum absolute atomic E-state index is 11.2. The van der Waals surface area contributed by atoms with Crippen LogP contribution < -0.4 is 0 Å². The predicted octanol–water partition coefficient (Wildman–Crippen LogP) is 0.111. The molecule has 92 valence electrons. The van der Waals surface area contributed by atoms with Crippen LogP contribution in [0.2, 0.25) is 0 Å². The summed E-state index contributed by atoms with van der Waals surface area (Å²) in [5.41, 5.74) is 0. The third-order valence-corrected chi connectivity index (χ3v) is 15.3. The van der Waals surface area contributed by atoms with Gasteiger partial charge < -0.3 is 0 Å². The molecule has 0 atom stereocenters. The number of carbonyl (C=O) groups is 2. The zero-order valence-electron chi connectivity index (χ0n) is 9.11. The zero-order valence-corrected chi connectivity index (χ0v) is 18.8. The van der Waals surface area contributed by atoms with E-state index in [2.05, 4.69) is 0 Å². The van der Waals surface area contributed by atoms with Crippen molar-refractivity contribution in [1.82, 2.24) is 0 Å². The van der Waals surface area contributed by atoms with E-state index in [9.17, 15) is 9.59 Å². The summed E-state index contributed by atoms with van der Waals surface area (Å²) in [6.45, 7) is 0. The van der Waals surface area contributed by atoms with Crippen LogP contribution in [0.5, 0.6) is 0 Å². The van der Waals surface area contributed by atoms with Crippen LogP contribution in [0.15, 0.2) is 0 Å². The van der Waals surface area contributed by atoms with Crippen molar-refractivity contribution in [3.63, 3.8) is 0 Å². The molecule has 0 N–H and O–H groups in total. The molecule has 1 fully saturated rings. The van der Waals surface area contributed by atoms with Crippen LogP contribution in [0.1, 0.15) is 25.7 Å². The quantitative estimate of drug-likeness (QED) is 0.462. The Kier molecular flexibility index (Phi) is 9.74. The van der Waals surface area contributed by atoms with E-state index in [0.717, 1.165) is 24.3 Å². The van der Waals surface area contributed by atoms with Crippen LogP contribution in [0.25, 0.3) is 0 Å². The van der Waals surface area contributed by atoms with Crippen LogP contribution in [0, 0.1) is 0 Å². The fourth-order valence-electron chi connectivity index (χ4n) is 1.11. The summed E-state index contributed by atoms with van der Waals surface area (Å²) in [7, 11) is 3.51. The molecule has 0 unspecified atom stereocenters. The van der Waals surface area contributed by atoms with Crippen molar-refractivity contribution in [2.75, 3.05) is 11.5 Å². The molecule has 1 saturated heterocycles. The minimum absolute atomic E-state index is 0.0202. The summed E-state index contributed by atoms with van der Waals surface area (Å²) >= 11 is -2.76. The summed E-state index contributed by atoms with van der Waals surface area (Å²) in [5.74, 6) is 1.82. The van der Waals surface area contributed by atoms with Crippen molar-refractivity contribution >= 4 is 70.2 Å². The van der Waals surface area contributed by atoms with E-state index in [1.165, 1.54) is 0 Å². The van der Waals surface area contributed by atoms with E-state index in [4.69, 9.17) is 6.15 Å². The fourth-order valence-corrected chi connectivity index (χ4v) is 12.5. The second kappa shape index (κ2) is 10.2.